The minimum Gasteiger partial charge on any atom is -0.337 e. The van der Waals surface area contributed by atoms with E-state index in [9.17, 15) is 0 Å². The Kier molecular flexibility index (Phi) is 2.13. The van der Waals surface area contributed by atoms with Gasteiger partial charge >= 0.3 is 0 Å². The predicted octanol–water partition coefficient (Wildman–Crippen LogP) is 1.47. The summed E-state index contributed by atoms with van der Waals surface area (Å²) in [7, 11) is 2.04. The molecule has 2 aliphatic carbocycles. The largest absolute Gasteiger partial charge is 0.337 e. The van der Waals surface area contributed by atoms with Crippen LogP contribution < -0.4 is 5.32 Å². The lowest BCUT2D eigenvalue weighted by molar-refractivity contribution is 0.161. The van der Waals surface area contributed by atoms with Gasteiger partial charge in [0.05, 0.1) is 6.54 Å². The third-order valence-corrected chi connectivity index (χ3v) is 3.81. The molecule has 3 unspecified atom stereocenters. The van der Waals surface area contributed by atoms with E-state index in [4.69, 9.17) is 0 Å². The first-order chi connectivity index (χ1) is 7.34. The Balaban J connectivity index is 1.55. The fraction of sp³-hybridized carbons (Fsp3) is 0.583. The number of imidazole rings is 1. The fourth-order valence-electron chi connectivity index (χ4n) is 2.74. The van der Waals surface area contributed by atoms with Crippen molar-refractivity contribution in [3.8, 4) is 0 Å². The highest BCUT2D eigenvalue weighted by Gasteiger charge is 2.40. The van der Waals surface area contributed by atoms with E-state index < -0.39 is 0 Å². The minimum absolute atomic E-state index is 0.686. The predicted molar refractivity (Wildman–Crippen MR) is 59.2 cm³/mol. The fourth-order valence-corrected chi connectivity index (χ4v) is 2.74. The van der Waals surface area contributed by atoms with E-state index >= 15 is 0 Å². The zero-order chi connectivity index (χ0) is 10.3. The molecule has 80 valence electrons. The Morgan fingerprint density at radius 2 is 2.53 bits per heavy atom. The van der Waals surface area contributed by atoms with Crippen molar-refractivity contribution >= 4 is 0 Å². The van der Waals surface area contributed by atoms with E-state index in [-0.39, 0.29) is 0 Å². The summed E-state index contributed by atoms with van der Waals surface area (Å²) < 4.78 is 2.08. The monoisotopic (exact) mass is 203 g/mol. The van der Waals surface area contributed by atoms with Gasteiger partial charge in [-0.3, -0.25) is 0 Å². The van der Waals surface area contributed by atoms with Gasteiger partial charge in [-0.2, -0.15) is 0 Å². The Labute approximate surface area is 90.2 Å². The second kappa shape index (κ2) is 3.49. The Bertz CT molecular complexity index is 380. The average Bonchev–Trinajstić information content (AvgIpc) is 2.75. The number of aryl methyl sites for hydroxylation is 1. The Morgan fingerprint density at radius 1 is 1.60 bits per heavy atom. The van der Waals surface area contributed by atoms with Crippen molar-refractivity contribution in [1.82, 2.24) is 14.9 Å². The van der Waals surface area contributed by atoms with Crippen LogP contribution >= 0.6 is 0 Å². The van der Waals surface area contributed by atoms with Crippen LogP contribution in [0.2, 0.25) is 0 Å². The summed E-state index contributed by atoms with van der Waals surface area (Å²) in [5.41, 5.74) is 0. The summed E-state index contributed by atoms with van der Waals surface area (Å²) in [4.78, 5) is 4.31. The smallest absolute Gasteiger partial charge is 0.122 e. The van der Waals surface area contributed by atoms with Crippen LogP contribution in [-0.2, 0) is 13.6 Å². The van der Waals surface area contributed by atoms with Gasteiger partial charge in [-0.1, -0.05) is 12.2 Å². The molecule has 1 aromatic rings. The minimum atomic E-state index is 0.686. The molecular weight excluding hydrogens is 186 g/mol. The molecular formula is C12H17N3. The summed E-state index contributed by atoms with van der Waals surface area (Å²) in [6, 6.07) is 0.686. The van der Waals surface area contributed by atoms with E-state index in [1.807, 2.05) is 19.4 Å². The zero-order valence-electron chi connectivity index (χ0n) is 9.06. The highest BCUT2D eigenvalue weighted by Crippen LogP contribution is 2.42. The zero-order valence-corrected chi connectivity index (χ0v) is 9.06. The van der Waals surface area contributed by atoms with E-state index in [1.54, 1.807) is 0 Å². The number of hydrogen-bond acceptors (Lipinski definition) is 2. The molecule has 0 aromatic carbocycles. The van der Waals surface area contributed by atoms with Crippen LogP contribution in [0.4, 0.5) is 0 Å². The maximum atomic E-state index is 4.31. The molecule has 1 fully saturated rings. The SMILES string of the molecule is Cn1ccnc1CNC1CC2CC=CC21. The molecule has 1 aromatic heterocycles. The molecule has 0 aliphatic heterocycles. The molecule has 1 saturated carbocycles. The maximum absolute atomic E-state index is 4.31. The van der Waals surface area contributed by atoms with Crippen LogP contribution in [0.15, 0.2) is 24.5 Å². The molecule has 3 nitrogen and oxygen atoms in total. The summed E-state index contributed by atoms with van der Waals surface area (Å²) in [6.07, 6.45) is 11.2. The molecule has 15 heavy (non-hydrogen) atoms. The van der Waals surface area contributed by atoms with Crippen molar-refractivity contribution in [3.63, 3.8) is 0 Å². The molecule has 3 heteroatoms. The van der Waals surface area contributed by atoms with Crippen LogP contribution in [0.25, 0.3) is 0 Å². The lowest BCUT2D eigenvalue weighted by atomic mass is 9.71. The number of allylic oxidation sites excluding steroid dienone is 1. The van der Waals surface area contributed by atoms with Gasteiger partial charge in [0.25, 0.3) is 0 Å². The van der Waals surface area contributed by atoms with E-state index in [0.717, 1.165) is 24.2 Å². The number of hydrogen-bond donors (Lipinski definition) is 1. The number of nitrogens with zero attached hydrogens (tertiary/aromatic N) is 2. The average molecular weight is 203 g/mol. The van der Waals surface area contributed by atoms with Crippen molar-refractivity contribution < 1.29 is 0 Å². The van der Waals surface area contributed by atoms with Crippen LogP contribution in [0.1, 0.15) is 18.7 Å². The number of rotatable bonds is 3. The highest BCUT2D eigenvalue weighted by atomic mass is 15.1. The van der Waals surface area contributed by atoms with E-state index in [0.29, 0.717) is 6.04 Å². The molecule has 2 aliphatic rings. The van der Waals surface area contributed by atoms with Crippen LogP contribution in [-0.4, -0.2) is 15.6 Å². The molecule has 1 heterocycles. The molecule has 0 spiro atoms. The quantitative estimate of drug-likeness (QED) is 0.754. The summed E-state index contributed by atoms with van der Waals surface area (Å²) >= 11 is 0. The summed E-state index contributed by atoms with van der Waals surface area (Å²) in [6.45, 7) is 0.894. The molecule has 1 N–H and O–H groups in total. The van der Waals surface area contributed by atoms with Gasteiger partial charge in [-0.25, -0.2) is 4.98 Å². The molecule has 3 rings (SSSR count). The van der Waals surface area contributed by atoms with Gasteiger partial charge < -0.3 is 9.88 Å². The van der Waals surface area contributed by atoms with Crippen molar-refractivity contribution in [3.05, 3.63) is 30.4 Å². The first kappa shape index (κ1) is 9.16. The molecule has 0 bridgehead atoms. The number of nitrogens with one attached hydrogen (secondary N) is 1. The second-order valence-electron chi connectivity index (χ2n) is 4.68. The normalized spacial score (nSPS) is 32.7. The van der Waals surface area contributed by atoms with Crippen LogP contribution in [0.5, 0.6) is 0 Å². The van der Waals surface area contributed by atoms with E-state index in [2.05, 4.69) is 27.0 Å². The topological polar surface area (TPSA) is 29.9 Å². The van der Waals surface area contributed by atoms with Crippen molar-refractivity contribution in [2.45, 2.75) is 25.4 Å². The van der Waals surface area contributed by atoms with Crippen molar-refractivity contribution in [2.24, 2.45) is 18.9 Å². The Hall–Kier alpha value is -1.09. The first-order valence-electron chi connectivity index (χ1n) is 5.71. The lowest BCUT2D eigenvalue weighted by Crippen LogP contribution is -2.47. The summed E-state index contributed by atoms with van der Waals surface area (Å²) in [5, 5.41) is 3.60. The molecule has 3 atom stereocenters. The van der Waals surface area contributed by atoms with Gasteiger partial charge in [0.2, 0.25) is 0 Å². The van der Waals surface area contributed by atoms with Crippen molar-refractivity contribution in [2.75, 3.05) is 0 Å². The third-order valence-electron chi connectivity index (χ3n) is 3.81. The highest BCUT2D eigenvalue weighted by molar-refractivity contribution is 5.13. The molecule has 0 saturated heterocycles. The van der Waals surface area contributed by atoms with Gasteiger partial charge in [-0.15, -0.1) is 0 Å². The Morgan fingerprint density at radius 3 is 3.27 bits per heavy atom. The van der Waals surface area contributed by atoms with Crippen LogP contribution in [0.3, 0.4) is 0 Å². The standard InChI is InChI=1S/C12H17N3/c1-15-6-5-13-12(15)8-14-11-7-9-3-2-4-10(9)11/h2,4-6,9-11,14H,3,7-8H2,1H3. The van der Waals surface area contributed by atoms with E-state index in [1.165, 1.54) is 12.8 Å². The third kappa shape index (κ3) is 1.51. The van der Waals surface area contributed by atoms with Gasteiger partial charge in [0.15, 0.2) is 0 Å². The first-order valence-corrected chi connectivity index (χ1v) is 5.71. The van der Waals surface area contributed by atoms with Gasteiger partial charge in [0.1, 0.15) is 5.82 Å². The van der Waals surface area contributed by atoms with Crippen molar-refractivity contribution in [1.29, 1.82) is 0 Å². The maximum Gasteiger partial charge on any atom is 0.122 e. The molecule has 0 amide bonds. The van der Waals surface area contributed by atoms with Gasteiger partial charge in [0, 0.05) is 25.5 Å². The van der Waals surface area contributed by atoms with Gasteiger partial charge in [-0.05, 0) is 24.7 Å². The number of aromatic nitrogens is 2. The van der Waals surface area contributed by atoms with Crippen LogP contribution in [0, 0.1) is 11.8 Å². The molecule has 0 radical (unpaired) electrons. The summed E-state index contributed by atoms with van der Waals surface area (Å²) in [5.74, 6) is 2.86. The number of fused-ring (bicyclic) bond motifs is 1. The second-order valence-corrected chi connectivity index (χ2v) is 4.68. The lowest BCUT2D eigenvalue weighted by Gasteiger charge is -2.40.